The van der Waals surface area contributed by atoms with Gasteiger partial charge in [0, 0.05) is 22.9 Å². The van der Waals surface area contributed by atoms with E-state index in [1.165, 1.54) is 12.1 Å². The summed E-state index contributed by atoms with van der Waals surface area (Å²) in [6.07, 6.45) is 0.506. The molecular formula is C16H15BBr2F2NaO2. The number of rotatable bonds is 2. The molecule has 3 radical (unpaired) electrons. The number of carbonyl (C=O) groups excluding carboxylic acids is 1. The zero-order chi connectivity index (χ0) is 16.9. The first-order chi connectivity index (χ1) is 10.3. The van der Waals surface area contributed by atoms with E-state index in [0.717, 1.165) is 11.1 Å². The summed E-state index contributed by atoms with van der Waals surface area (Å²) in [5, 5.41) is 8.75. The molecule has 2 aromatic carbocycles. The fourth-order valence-corrected chi connectivity index (χ4v) is 2.51. The number of benzene rings is 2. The van der Waals surface area contributed by atoms with Crippen LogP contribution in [0.15, 0.2) is 33.2 Å². The number of halogens is 4. The van der Waals surface area contributed by atoms with Gasteiger partial charge in [0.05, 0.1) is 12.2 Å². The Kier molecular flexibility index (Phi) is 13.5. The van der Waals surface area contributed by atoms with Gasteiger partial charge in [0.1, 0.15) is 11.6 Å². The van der Waals surface area contributed by atoms with Crippen LogP contribution in [-0.2, 0) is 6.61 Å². The standard InChI is InChI=1S/C8H8BrFO.C8H6BrFO.B.Na.H/c2*1-5-2-3-7(10)6(4-11)8(5)9;;;/h2-3,11H,4H2,1H3;2-4H,1H3;;;/q;;;+1;-1. The van der Waals surface area contributed by atoms with E-state index in [1.54, 1.807) is 19.1 Å². The second-order valence-corrected chi connectivity index (χ2v) is 6.11. The van der Waals surface area contributed by atoms with Crippen molar-refractivity contribution in [2.24, 2.45) is 0 Å². The first-order valence-corrected chi connectivity index (χ1v) is 7.86. The van der Waals surface area contributed by atoms with Crippen molar-refractivity contribution in [2.45, 2.75) is 20.5 Å². The fourth-order valence-electron chi connectivity index (χ4n) is 1.65. The van der Waals surface area contributed by atoms with Crippen LogP contribution in [-0.4, -0.2) is 19.8 Å². The van der Waals surface area contributed by atoms with Crippen LogP contribution >= 0.6 is 31.9 Å². The first kappa shape index (κ1) is 26.2. The molecule has 0 saturated carbocycles. The molecule has 0 bridgehead atoms. The molecule has 0 aromatic heterocycles. The second kappa shape index (κ2) is 12.3. The van der Waals surface area contributed by atoms with Gasteiger partial charge in [-0.25, -0.2) is 8.78 Å². The van der Waals surface area contributed by atoms with E-state index in [4.69, 9.17) is 5.11 Å². The molecule has 0 unspecified atom stereocenters. The molecule has 0 heterocycles. The van der Waals surface area contributed by atoms with Crippen molar-refractivity contribution < 1.29 is 49.7 Å². The van der Waals surface area contributed by atoms with Crippen LogP contribution in [0.3, 0.4) is 0 Å². The summed E-state index contributed by atoms with van der Waals surface area (Å²) < 4.78 is 26.8. The van der Waals surface area contributed by atoms with Crippen LogP contribution in [0.1, 0.15) is 28.5 Å². The Hall–Kier alpha value is -0.0451. The molecule has 0 fully saturated rings. The number of aldehydes is 1. The van der Waals surface area contributed by atoms with Crippen LogP contribution < -0.4 is 29.6 Å². The summed E-state index contributed by atoms with van der Waals surface area (Å²) in [6, 6.07) is 5.92. The molecule has 2 nitrogen and oxygen atoms in total. The summed E-state index contributed by atoms with van der Waals surface area (Å²) in [5.41, 5.74) is 2.19. The van der Waals surface area contributed by atoms with E-state index in [1.807, 2.05) is 6.92 Å². The summed E-state index contributed by atoms with van der Waals surface area (Å²) in [6.45, 7) is 3.38. The minimum Gasteiger partial charge on any atom is -1.00 e. The van der Waals surface area contributed by atoms with Gasteiger partial charge >= 0.3 is 29.6 Å². The van der Waals surface area contributed by atoms with E-state index in [0.29, 0.717) is 20.8 Å². The van der Waals surface area contributed by atoms with Crippen molar-refractivity contribution in [3.8, 4) is 0 Å². The number of aliphatic hydroxyl groups excluding tert-OH is 1. The van der Waals surface area contributed by atoms with E-state index in [9.17, 15) is 13.6 Å². The largest absolute Gasteiger partial charge is 1.00 e. The third-order valence-corrected chi connectivity index (χ3v) is 5.13. The number of hydrogen-bond donors (Lipinski definition) is 1. The van der Waals surface area contributed by atoms with Gasteiger partial charge in [0.15, 0.2) is 6.29 Å². The first-order valence-electron chi connectivity index (χ1n) is 6.27. The molecule has 0 saturated heterocycles. The van der Waals surface area contributed by atoms with Crippen molar-refractivity contribution in [2.75, 3.05) is 0 Å². The molecule has 0 spiro atoms. The summed E-state index contributed by atoms with van der Waals surface area (Å²) >= 11 is 6.31. The minimum atomic E-state index is -0.488. The molecule has 0 atom stereocenters. The Morgan fingerprint density at radius 2 is 1.50 bits per heavy atom. The van der Waals surface area contributed by atoms with E-state index >= 15 is 0 Å². The Morgan fingerprint density at radius 3 is 1.88 bits per heavy atom. The molecule has 0 aliphatic carbocycles. The van der Waals surface area contributed by atoms with Crippen molar-refractivity contribution >= 4 is 46.6 Å². The molecule has 0 aliphatic rings. The molecule has 8 heteroatoms. The van der Waals surface area contributed by atoms with Gasteiger partial charge in [0.2, 0.25) is 0 Å². The maximum Gasteiger partial charge on any atom is 1.00 e. The molecule has 1 N–H and O–H groups in total. The number of aryl methyl sites for hydroxylation is 2. The Morgan fingerprint density at radius 1 is 1.04 bits per heavy atom. The van der Waals surface area contributed by atoms with E-state index in [2.05, 4.69) is 31.9 Å². The summed E-state index contributed by atoms with van der Waals surface area (Å²) in [7, 11) is 0. The van der Waals surface area contributed by atoms with Crippen LogP contribution in [0.4, 0.5) is 8.78 Å². The van der Waals surface area contributed by atoms with Gasteiger partial charge in [-0.05, 0) is 53.0 Å². The molecule has 24 heavy (non-hydrogen) atoms. The number of carbonyl (C=O) groups is 1. The van der Waals surface area contributed by atoms with Crippen molar-refractivity contribution in [1.29, 1.82) is 0 Å². The van der Waals surface area contributed by atoms with Crippen LogP contribution in [0.5, 0.6) is 0 Å². The predicted molar refractivity (Wildman–Crippen MR) is 95.9 cm³/mol. The molecule has 2 aromatic rings. The monoisotopic (exact) mass is 469 g/mol. The Balaban J connectivity index is -0.000000346. The van der Waals surface area contributed by atoms with Gasteiger partial charge < -0.3 is 6.53 Å². The zero-order valence-corrected chi connectivity index (χ0v) is 18.7. The molecule has 0 amide bonds. The van der Waals surface area contributed by atoms with Crippen molar-refractivity contribution in [3.05, 3.63) is 67.1 Å². The molecule has 0 aliphatic heterocycles. The third-order valence-electron chi connectivity index (χ3n) is 2.97. The fraction of sp³-hybridized carbons (Fsp3) is 0.188. The van der Waals surface area contributed by atoms with Gasteiger partial charge in [-0.1, -0.05) is 28.1 Å². The van der Waals surface area contributed by atoms with Crippen LogP contribution in [0.2, 0.25) is 0 Å². The molecular weight excluding hydrogens is 456 g/mol. The van der Waals surface area contributed by atoms with Crippen molar-refractivity contribution in [1.82, 2.24) is 0 Å². The maximum atomic E-state index is 12.8. The van der Waals surface area contributed by atoms with Gasteiger partial charge in [-0.3, -0.25) is 4.79 Å². The molecule has 123 valence electrons. The number of hydrogen-bond acceptors (Lipinski definition) is 2. The smallest absolute Gasteiger partial charge is 1.00 e. The van der Waals surface area contributed by atoms with Crippen molar-refractivity contribution in [3.63, 3.8) is 0 Å². The molecule has 2 rings (SSSR count). The van der Waals surface area contributed by atoms with E-state index in [-0.39, 0.29) is 57.4 Å². The van der Waals surface area contributed by atoms with Gasteiger partial charge in [-0.15, -0.1) is 0 Å². The number of aliphatic hydroxyl groups is 1. The normalized spacial score (nSPS) is 9.12. The van der Waals surface area contributed by atoms with Gasteiger partial charge in [-0.2, -0.15) is 0 Å². The summed E-state index contributed by atoms with van der Waals surface area (Å²) in [5.74, 6) is -0.859. The predicted octanol–water partition coefficient (Wildman–Crippen LogP) is 1.83. The van der Waals surface area contributed by atoms with E-state index < -0.39 is 5.82 Å². The Labute approximate surface area is 182 Å². The average molecular weight is 471 g/mol. The SMILES string of the molecule is Cc1ccc(F)c(C=O)c1Br.Cc1ccc(F)c(CO)c1Br.[B].[H-].[Na+]. The van der Waals surface area contributed by atoms with Crippen LogP contribution in [0.25, 0.3) is 0 Å². The zero-order valence-electron chi connectivity index (χ0n) is 14.5. The topological polar surface area (TPSA) is 37.3 Å². The minimum absolute atomic E-state index is 0. The average Bonchev–Trinajstić information content (AvgIpc) is 2.49. The van der Waals surface area contributed by atoms with Gasteiger partial charge in [0.25, 0.3) is 0 Å². The second-order valence-electron chi connectivity index (χ2n) is 4.52. The van der Waals surface area contributed by atoms with Crippen LogP contribution in [0, 0.1) is 25.5 Å². The third kappa shape index (κ3) is 6.69. The quantitative estimate of drug-likeness (QED) is 0.537. The Bertz CT molecular complexity index is 706. The maximum absolute atomic E-state index is 12.8. The summed E-state index contributed by atoms with van der Waals surface area (Å²) in [4.78, 5) is 10.3.